The van der Waals surface area contributed by atoms with Crippen LogP contribution in [0.25, 0.3) is 0 Å². The maximum Gasteiger partial charge on any atom is 0.284 e. The third-order valence-corrected chi connectivity index (χ3v) is 2.38. The van der Waals surface area contributed by atoms with Gasteiger partial charge in [0.15, 0.2) is 16.6 Å². The summed E-state index contributed by atoms with van der Waals surface area (Å²) in [7, 11) is 0. The zero-order valence-electron chi connectivity index (χ0n) is 8.18. The van der Waals surface area contributed by atoms with Gasteiger partial charge >= 0.3 is 0 Å². The molecule has 2 heterocycles. The van der Waals surface area contributed by atoms with Crippen molar-refractivity contribution in [3.63, 3.8) is 0 Å². The Morgan fingerprint density at radius 1 is 1.33 bits per heavy atom. The first-order valence-electron chi connectivity index (χ1n) is 4.24. The van der Waals surface area contributed by atoms with E-state index in [4.69, 9.17) is 8.83 Å². The van der Waals surface area contributed by atoms with E-state index < -0.39 is 0 Å². The highest BCUT2D eigenvalue weighted by molar-refractivity contribution is 7.99. The first-order chi connectivity index (χ1) is 7.15. The Bertz CT molecular complexity index is 489. The molecule has 0 atom stereocenters. The average molecular weight is 224 g/mol. The van der Waals surface area contributed by atoms with Crippen LogP contribution in [0.5, 0.6) is 0 Å². The predicted molar refractivity (Wildman–Crippen MR) is 51.9 cm³/mol. The molecule has 6 heteroatoms. The number of aryl methyl sites for hydroxylation is 1. The van der Waals surface area contributed by atoms with Crippen molar-refractivity contribution >= 4 is 17.5 Å². The topological polar surface area (TPSA) is 69.1 Å². The molecule has 2 aromatic heterocycles. The summed E-state index contributed by atoms with van der Waals surface area (Å²) in [6.45, 7) is 3.16. The molecule has 0 N–H and O–H groups in total. The van der Waals surface area contributed by atoms with E-state index in [1.165, 1.54) is 18.7 Å². The molecular weight excluding hydrogens is 216 g/mol. The Labute approximate surface area is 89.9 Å². The van der Waals surface area contributed by atoms with Crippen molar-refractivity contribution in [2.45, 2.75) is 24.2 Å². The van der Waals surface area contributed by atoms with E-state index in [-0.39, 0.29) is 5.78 Å². The Kier molecular flexibility index (Phi) is 2.59. The van der Waals surface area contributed by atoms with Gasteiger partial charge in [-0.1, -0.05) is 0 Å². The van der Waals surface area contributed by atoms with Crippen molar-refractivity contribution in [2.24, 2.45) is 0 Å². The zero-order valence-corrected chi connectivity index (χ0v) is 9.00. The molecule has 0 aliphatic rings. The predicted octanol–water partition coefficient (Wildman–Crippen LogP) is 2.32. The van der Waals surface area contributed by atoms with E-state index in [1.54, 1.807) is 19.1 Å². The van der Waals surface area contributed by atoms with Crippen molar-refractivity contribution in [3.05, 3.63) is 23.8 Å². The van der Waals surface area contributed by atoms with Crippen molar-refractivity contribution in [1.82, 2.24) is 10.2 Å². The maximum atomic E-state index is 11.0. The molecule has 0 unspecified atom stereocenters. The summed E-state index contributed by atoms with van der Waals surface area (Å²) >= 11 is 1.19. The average Bonchev–Trinajstić information content (AvgIpc) is 2.76. The summed E-state index contributed by atoms with van der Waals surface area (Å²) in [4.78, 5) is 11.0. The number of hydrogen-bond acceptors (Lipinski definition) is 6. The van der Waals surface area contributed by atoms with Gasteiger partial charge in [0, 0.05) is 25.6 Å². The van der Waals surface area contributed by atoms with Crippen LogP contribution < -0.4 is 0 Å². The van der Waals surface area contributed by atoms with Gasteiger partial charge in [0.2, 0.25) is 5.89 Å². The van der Waals surface area contributed by atoms with Gasteiger partial charge < -0.3 is 8.83 Å². The number of aromatic nitrogens is 2. The molecule has 0 fully saturated rings. The van der Waals surface area contributed by atoms with Crippen LogP contribution in [0.2, 0.25) is 0 Å². The summed E-state index contributed by atoms with van der Waals surface area (Å²) in [5.74, 6) is 0.716. The maximum absolute atomic E-state index is 11.0. The Morgan fingerprint density at radius 2 is 2.13 bits per heavy atom. The summed E-state index contributed by atoms with van der Waals surface area (Å²) < 4.78 is 10.4. The quantitative estimate of drug-likeness (QED) is 0.745. The molecule has 0 spiro atoms. The second-order valence-electron chi connectivity index (χ2n) is 2.86. The molecule has 0 saturated carbocycles. The minimum absolute atomic E-state index is 0.108. The van der Waals surface area contributed by atoms with Crippen molar-refractivity contribution < 1.29 is 13.6 Å². The van der Waals surface area contributed by atoms with E-state index in [9.17, 15) is 4.79 Å². The molecule has 0 aliphatic carbocycles. The lowest BCUT2D eigenvalue weighted by molar-refractivity contribution is 0.0982. The van der Waals surface area contributed by atoms with Crippen LogP contribution in [0.3, 0.4) is 0 Å². The lowest BCUT2D eigenvalue weighted by atomic mass is 10.3. The van der Waals surface area contributed by atoms with Gasteiger partial charge in [-0.15, -0.1) is 10.2 Å². The third kappa shape index (κ3) is 2.27. The molecule has 15 heavy (non-hydrogen) atoms. The number of ketones is 1. The highest BCUT2D eigenvalue weighted by Crippen LogP contribution is 2.28. The van der Waals surface area contributed by atoms with Crippen LogP contribution in [-0.4, -0.2) is 16.0 Å². The van der Waals surface area contributed by atoms with Gasteiger partial charge in [-0.3, -0.25) is 4.79 Å². The summed E-state index contributed by atoms with van der Waals surface area (Å²) in [5, 5.41) is 8.43. The van der Waals surface area contributed by atoms with Gasteiger partial charge in [-0.2, -0.15) is 0 Å². The number of furan rings is 1. The lowest BCUT2D eigenvalue weighted by Gasteiger charge is -1.89. The fourth-order valence-corrected chi connectivity index (χ4v) is 1.65. The van der Waals surface area contributed by atoms with E-state index in [0.717, 1.165) is 0 Å². The largest absolute Gasteiger partial charge is 0.446 e. The number of rotatable bonds is 3. The number of nitrogens with zero attached hydrogens (tertiary/aromatic N) is 2. The van der Waals surface area contributed by atoms with Crippen LogP contribution in [0.1, 0.15) is 23.4 Å². The molecule has 5 nitrogen and oxygen atoms in total. The van der Waals surface area contributed by atoms with E-state index in [2.05, 4.69) is 10.2 Å². The summed E-state index contributed by atoms with van der Waals surface area (Å²) in [6, 6.07) is 3.31. The highest BCUT2D eigenvalue weighted by atomic mass is 32.2. The second kappa shape index (κ2) is 3.90. The lowest BCUT2D eigenvalue weighted by Crippen LogP contribution is -1.85. The number of carbonyl (C=O) groups excluding carboxylic acids is 1. The van der Waals surface area contributed by atoms with Gasteiger partial charge in [0.05, 0.1) is 0 Å². The SMILES string of the molecule is CC(=O)c1ccc(Sc2nnc(C)o2)o1. The molecule has 0 bridgehead atoms. The number of Topliss-reactive ketones (excluding diaryl/α,β-unsaturated/α-hetero) is 1. The van der Waals surface area contributed by atoms with Crippen LogP contribution in [0, 0.1) is 6.92 Å². The molecule has 0 aromatic carbocycles. The van der Waals surface area contributed by atoms with Gasteiger partial charge in [0.1, 0.15) is 0 Å². The molecule has 2 rings (SSSR count). The van der Waals surface area contributed by atoms with Crippen LogP contribution in [0.4, 0.5) is 0 Å². The van der Waals surface area contributed by atoms with E-state index >= 15 is 0 Å². The van der Waals surface area contributed by atoms with Gasteiger partial charge in [-0.05, 0) is 12.1 Å². The Balaban J connectivity index is 2.14. The number of hydrogen-bond donors (Lipinski definition) is 0. The smallest absolute Gasteiger partial charge is 0.284 e. The minimum Gasteiger partial charge on any atom is -0.446 e. The molecule has 0 amide bonds. The standard InChI is InChI=1S/C9H8N2O3S/c1-5(12)7-3-4-8(14-7)15-9-11-10-6(2)13-9/h3-4H,1-2H3. The zero-order chi connectivity index (χ0) is 10.8. The monoisotopic (exact) mass is 224 g/mol. The molecule has 78 valence electrons. The third-order valence-electron chi connectivity index (χ3n) is 1.62. The summed E-state index contributed by atoms with van der Waals surface area (Å²) in [5.41, 5.74) is 0. The Morgan fingerprint density at radius 3 is 2.67 bits per heavy atom. The fraction of sp³-hybridized carbons (Fsp3) is 0.222. The highest BCUT2D eigenvalue weighted by Gasteiger charge is 2.10. The summed E-state index contributed by atoms with van der Waals surface area (Å²) in [6.07, 6.45) is 0. The van der Waals surface area contributed by atoms with Crippen LogP contribution >= 0.6 is 11.8 Å². The van der Waals surface area contributed by atoms with E-state index in [1.807, 2.05) is 0 Å². The van der Waals surface area contributed by atoms with Crippen LogP contribution in [0.15, 0.2) is 31.3 Å². The van der Waals surface area contributed by atoms with Gasteiger partial charge in [0.25, 0.3) is 5.22 Å². The number of carbonyl (C=O) groups is 1. The van der Waals surface area contributed by atoms with Crippen molar-refractivity contribution in [2.75, 3.05) is 0 Å². The van der Waals surface area contributed by atoms with Gasteiger partial charge in [-0.25, -0.2) is 0 Å². The Hall–Kier alpha value is -1.56. The first kappa shape index (κ1) is 9.97. The fourth-order valence-electron chi connectivity index (χ4n) is 0.970. The van der Waals surface area contributed by atoms with E-state index in [0.29, 0.717) is 22.0 Å². The molecular formula is C9H8N2O3S. The minimum atomic E-state index is -0.108. The van der Waals surface area contributed by atoms with Crippen molar-refractivity contribution in [1.29, 1.82) is 0 Å². The normalized spacial score (nSPS) is 10.5. The van der Waals surface area contributed by atoms with Crippen molar-refractivity contribution in [3.8, 4) is 0 Å². The first-order valence-corrected chi connectivity index (χ1v) is 5.05. The molecule has 0 radical (unpaired) electrons. The molecule has 0 aliphatic heterocycles. The second-order valence-corrected chi connectivity index (χ2v) is 3.82. The van der Waals surface area contributed by atoms with Crippen LogP contribution in [-0.2, 0) is 0 Å². The molecule has 0 saturated heterocycles. The molecule has 2 aromatic rings.